The van der Waals surface area contributed by atoms with Crippen molar-refractivity contribution in [2.45, 2.75) is 0 Å². The Hall–Kier alpha value is -0.108. The van der Waals surface area contributed by atoms with Gasteiger partial charge in [0.1, 0.15) is 0 Å². The van der Waals surface area contributed by atoms with Crippen molar-refractivity contribution >= 4 is 31.2 Å². The van der Waals surface area contributed by atoms with Gasteiger partial charge in [-0.25, -0.2) is 13.0 Å². The van der Waals surface area contributed by atoms with Crippen LogP contribution in [-0.2, 0) is 25.2 Å². The zero-order valence-electron chi connectivity index (χ0n) is 8.52. The molecule has 1 aromatic carbocycles. The van der Waals surface area contributed by atoms with E-state index in [2.05, 4.69) is 13.8 Å². The molecule has 0 aliphatic heterocycles. The van der Waals surface area contributed by atoms with Gasteiger partial charge in [0.25, 0.3) is 0 Å². The number of carbonyl (C=O) groups excluding carboxylic acids is 1. The minimum Gasteiger partial charge on any atom is -0.332 e. The number of hydrogen-bond donors (Lipinski definition) is 0. The molecule has 15 heavy (non-hydrogen) atoms. The SMILES string of the molecule is P.P.[CH2-]/C=C(\C([CH2-])=O)c1ccccc1.[Pd+2]. The van der Waals surface area contributed by atoms with Crippen LogP contribution in [0.25, 0.3) is 5.57 Å². The van der Waals surface area contributed by atoms with Crippen molar-refractivity contribution < 1.29 is 25.2 Å². The normalized spacial score (nSPS) is 8.93. The molecular formula is C11H16OP2Pd. The largest absolute Gasteiger partial charge is 2.00 e. The Labute approximate surface area is 112 Å². The molecular weight excluding hydrogens is 316 g/mol. The molecule has 0 radical (unpaired) electrons. The number of ketones is 1. The first kappa shape index (κ1) is 20.3. The molecule has 0 amide bonds. The molecule has 0 aliphatic carbocycles. The van der Waals surface area contributed by atoms with Crippen molar-refractivity contribution in [1.82, 2.24) is 0 Å². The molecule has 0 N–H and O–H groups in total. The summed E-state index contributed by atoms with van der Waals surface area (Å²) in [4.78, 5) is 11.0. The molecule has 1 nitrogen and oxygen atoms in total. The molecule has 0 heterocycles. The molecule has 0 saturated heterocycles. The van der Waals surface area contributed by atoms with Crippen molar-refractivity contribution in [2.75, 3.05) is 0 Å². The molecule has 2 unspecified atom stereocenters. The van der Waals surface area contributed by atoms with Gasteiger partial charge in [-0.05, 0) is 0 Å². The van der Waals surface area contributed by atoms with E-state index in [-0.39, 0.29) is 46.0 Å². The zero-order chi connectivity index (χ0) is 8.97. The topological polar surface area (TPSA) is 17.1 Å². The fourth-order valence-electron chi connectivity index (χ4n) is 1.01. The van der Waals surface area contributed by atoms with E-state index in [1.807, 2.05) is 30.3 Å². The van der Waals surface area contributed by atoms with Gasteiger partial charge in [0.2, 0.25) is 0 Å². The van der Waals surface area contributed by atoms with Gasteiger partial charge in [-0.3, -0.25) is 0 Å². The third kappa shape index (κ3) is 6.14. The van der Waals surface area contributed by atoms with Crippen molar-refractivity contribution in [1.29, 1.82) is 0 Å². The second kappa shape index (κ2) is 10.4. The van der Waals surface area contributed by atoms with Crippen molar-refractivity contribution in [3.63, 3.8) is 0 Å². The second-order valence-electron chi connectivity index (χ2n) is 2.41. The van der Waals surface area contributed by atoms with Crippen LogP contribution in [0.2, 0.25) is 0 Å². The number of hydrogen-bond acceptors (Lipinski definition) is 1. The molecule has 2 atom stereocenters. The quantitative estimate of drug-likeness (QED) is 0.352. The third-order valence-corrected chi connectivity index (χ3v) is 1.59. The van der Waals surface area contributed by atoms with E-state index in [9.17, 15) is 4.79 Å². The Balaban J connectivity index is -0.000000480. The van der Waals surface area contributed by atoms with Crippen LogP contribution < -0.4 is 0 Å². The summed E-state index contributed by atoms with van der Waals surface area (Å²) in [6.45, 7) is 6.90. The standard InChI is InChI=1S/C11H10O.2H3P.Pd/c1-3-11(9(2)12)10-7-5-4-6-8-10;;;/h3-8H,1-2H2;2*1H3;/q-2;;;+2/b11-3+;;;. The maximum atomic E-state index is 11.0. The van der Waals surface area contributed by atoms with Crippen LogP contribution in [-0.4, -0.2) is 5.78 Å². The maximum absolute atomic E-state index is 11.0. The summed E-state index contributed by atoms with van der Waals surface area (Å²) in [6, 6.07) is 9.38. The summed E-state index contributed by atoms with van der Waals surface area (Å²) in [5.41, 5.74) is 1.43. The van der Waals surface area contributed by atoms with Crippen molar-refractivity contribution in [3.05, 3.63) is 55.8 Å². The Morgan fingerprint density at radius 1 is 1.13 bits per heavy atom. The van der Waals surface area contributed by atoms with Crippen LogP contribution in [0.5, 0.6) is 0 Å². The number of Topliss-reactive ketones (excluding diaryl/α,β-unsaturated/α-hetero) is 1. The third-order valence-electron chi connectivity index (χ3n) is 1.59. The van der Waals surface area contributed by atoms with Gasteiger partial charge in [-0.15, -0.1) is 5.57 Å². The van der Waals surface area contributed by atoms with Crippen LogP contribution in [0.15, 0.2) is 36.4 Å². The summed E-state index contributed by atoms with van der Waals surface area (Å²) in [6.07, 6.45) is 1.53. The van der Waals surface area contributed by atoms with Crippen LogP contribution in [0.1, 0.15) is 5.56 Å². The van der Waals surface area contributed by atoms with Gasteiger partial charge in [0, 0.05) is 5.78 Å². The Kier molecular flexibility index (Phi) is 14.1. The van der Waals surface area contributed by atoms with Gasteiger partial charge in [0.05, 0.1) is 0 Å². The van der Waals surface area contributed by atoms with E-state index in [0.717, 1.165) is 5.56 Å². The van der Waals surface area contributed by atoms with E-state index in [0.29, 0.717) is 5.57 Å². The zero-order valence-corrected chi connectivity index (χ0v) is 12.9. The van der Waals surface area contributed by atoms with E-state index >= 15 is 0 Å². The Morgan fingerprint density at radius 3 is 1.93 bits per heavy atom. The molecule has 1 aromatic rings. The first-order chi connectivity index (χ1) is 5.75. The number of rotatable bonds is 2. The molecule has 0 aromatic heterocycles. The first-order valence-electron chi connectivity index (χ1n) is 3.67. The summed E-state index contributed by atoms with van der Waals surface area (Å²) in [7, 11) is 0. The van der Waals surface area contributed by atoms with E-state index in [1.54, 1.807) is 0 Å². The van der Waals surface area contributed by atoms with Gasteiger partial charge < -0.3 is 4.79 Å². The molecule has 0 aliphatic rings. The average Bonchev–Trinajstić information content (AvgIpc) is 2.07. The van der Waals surface area contributed by atoms with Crippen LogP contribution >= 0.6 is 19.8 Å². The van der Waals surface area contributed by atoms with Crippen LogP contribution in [0.3, 0.4) is 0 Å². The number of benzene rings is 1. The van der Waals surface area contributed by atoms with Crippen molar-refractivity contribution in [3.8, 4) is 0 Å². The predicted octanol–water partition coefficient (Wildman–Crippen LogP) is 2.42. The first-order valence-corrected chi connectivity index (χ1v) is 3.67. The summed E-state index contributed by atoms with van der Waals surface area (Å²) in [5.74, 6) is -0.198. The van der Waals surface area contributed by atoms with Crippen LogP contribution in [0, 0.1) is 13.8 Å². The van der Waals surface area contributed by atoms with Gasteiger partial charge in [-0.2, -0.15) is 26.7 Å². The number of allylic oxidation sites excluding steroid dienone is 2. The average molecular weight is 333 g/mol. The van der Waals surface area contributed by atoms with Gasteiger partial charge >= 0.3 is 20.4 Å². The van der Waals surface area contributed by atoms with E-state index in [4.69, 9.17) is 0 Å². The summed E-state index contributed by atoms with van der Waals surface area (Å²) in [5, 5.41) is 0. The number of carbonyl (C=O) groups is 1. The molecule has 0 fully saturated rings. The van der Waals surface area contributed by atoms with Crippen molar-refractivity contribution in [2.24, 2.45) is 0 Å². The molecule has 0 bridgehead atoms. The molecule has 86 valence electrons. The van der Waals surface area contributed by atoms with E-state index < -0.39 is 0 Å². The predicted molar refractivity (Wildman–Crippen MR) is 72.4 cm³/mol. The second-order valence-corrected chi connectivity index (χ2v) is 2.41. The van der Waals surface area contributed by atoms with E-state index in [1.165, 1.54) is 6.08 Å². The minimum absolute atomic E-state index is 0. The monoisotopic (exact) mass is 332 g/mol. The minimum atomic E-state index is -0.198. The summed E-state index contributed by atoms with van der Waals surface area (Å²) < 4.78 is 0. The molecule has 1 rings (SSSR count). The summed E-state index contributed by atoms with van der Waals surface area (Å²) >= 11 is 0. The molecule has 4 heteroatoms. The fraction of sp³-hybridized carbons (Fsp3) is 0. The van der Waals surface area contributed by atoms with Crippen LogP contribution in [0.4, 0.5) is 0 Å². The Morgan fingerprint density at radius 2 is 1.60 bits per heavy atom. The van der Waals surface area contributed by atoms with Gasteiger partial charge in [0.15, 0.2) is 0 Å². The molecule has 0 saturated carbocycles. The smallest absolute Gasteiger partial charge is 0.332 e. The van der Waals surface area contributed by atoms with Gasteiger partial charge in [-0.1, -0.05) is 35.9 Å². The fourth-order valence-corrected chi connectivity index (χ4v) is 1.01. The molecule has 0 spiro atoms. The maximum Gasteiger partial charge on any atom is 2.00 e. The Bertz CT molecular complexity index is 310.